The Labute approximate surface area is 81.9 Å². The summed E-state index contributed by atoms with van der Waals surface area (Å²) in [6.07, 6.45) is 0. The van der Waals surface area contributed by atoms with Crippen LogP contribution in [0, 0.1) is 0 Å². The number of nitrogens with one attached hydrogen (secondary N) is 3. The van der Waals surface area contributed by atoms with Crippen molar-refractivity contribution in [3.8, 4) is 0 Å². The van der Waals surface area contributed by atoms with Gasteiger partial charge < -0.3 is 20.4 Å². The molecule has 0 atom stereocenters. The Kier molecular flexibility index (Phi) is 7.84. The highest BCUT2D eigenvalue weighted by Gasteiger charge is 2.27. The van der Waals surface area contributed by atoms with E-state index in [-0.39, 0.29) is 13.2 Å². The third-order valence-corrected chi connectivity index (χ3v) is 1.45. The number of nitrogens with zero attached hydrogens (tertiary/aromatic N) is 1. The summed E-state index contributed by atoms with van der Waals surface area (Å²) in [5, 5.41) is 45.9. The van der Waals surface area contributed by atoms with Crippen LogP contribution in [0.5, 0.6) is 0 Å². The number of hydrogen-bond acceptors (Lipinski definition) is 7. The molecule has 0 rings (SSSR count). The molecule has 8 heteroatoms. The molecule has 0 aliphatic carbocycles. The molecule has 0 aromatic heterocycles. The Bertz CT molecular complexity index is 120. The van der Waals surface area contributed by atoms with E-state index in [0.717, 1.165) is 0 Å². The maximum Gasteiger partial charge on any atom is 0.202 e. The van der Waals surface area contributed by atoms with E-state index in [2.05, 4.69) is 21.3 Å². The topological polar surface area (TPSA) is 131 Å². The third kappa shape index (κ3) is 4.79. The molecule has 0 amide bonds. The minimum absolute atomic E-state index is 0.0903. The summed E-state index contributed by atoms with van der Waals surface area (Å²) in [7, 11) is 0. The highest BCUT2D eigenvalue weighted by Crippen LogP contribution is 1.90. The van der Waals surface area contributed by atoms with Crippen LogP contribution >= 0.6 is 0 Å². The summed E-state index contributed by atoms with van der Waals surface area (Å²) in [4.78, 5) is 0. The minimum Gasteiger partial charge on any atom is -0.395 e. The van der Waals surface area contributed by atoms with E-state index < -0.39 is 26.1 Å². The van der Waals surface area contributed by atoms with Gasteiger partial charge in [-0.2, -0.15) is 5.32 Å². The standard InChI is InChI=1S/C6H17N4O4/c11-2-1-7-6(8-3-12,9-4-13)10-5-14/h8-14H,1-5H2. The molecule has 0 heterocycles. The molecule has 14 heavy (non-hydrogen) atoms. The lowest BCUT2D eigenvalue weighted by Crippen LogP contribution is -2.72. The van der Waals surface area contributed by atoms with E-state index in [0.29, 0.717) is 0 Å². The van der Waals surface area contributed by atoms with Crippen molar-refractivity contribution in [1.82, 2.24) is 21.3 Å². The molecule has 0 unspecified atom stereocenters. The van der Waals surface area contributed by atoms with Gasteiger partial charge in [0.05, 0.1) is 26.8 Å². The second-order valence-electron chi connectivity index (χ2n) is 2.32. The molecule has 7 N–H and O–H groups in total. The van der Waals surface area contributed by atoms with Crippen LogP contribution in [0.2, 0.25) is 0 Å². The quantitative estimate of drug-likeness (QED) is 0.192. The molecule has 8 nitrogen and oxygen atoms in total. The van der Waals surface area contributed by atoms with Crippen molar-refractivity contribution in [2.45, 2.75) is 5.91 Å². The summed E-state index contributed by atoms with van der Waals surface area (Å²) in [5.74, 6) is -1.33. The lowest BCUT2D eigenvalue weighted by atomic mass is 10.5. The predicted octanol–water partition coefficient (Wildman–Crippen LogP) is -4.19. The molecule has 0 saturated carbocycles. The van der Waals surface area contributed by atoms with Crippen LogP contribution in [-0.4, -0.2) is 59.7 Å². The van der Waals surface area contributed by atoms with E-state index in [1.54, 1.807) is 0 Å². The molecule has 0 aromatic rings. The molecule has 1 radical (unpaired) electrons. The van der Waals surface area contributed by atoms with Gasteiger partial charge in [-0.15, -0.1) is 0 Å². The Morgan fingerprint density at radius 3 is 1.57 bits per heavy atom. The molecule has 0 bridgehead atoms. The predicted molar refractivity (Wildman–Crippen MR) is 47.5 cm³/mol. The molecule has 0 aromatic carbocycles. The number of aliphatic hydroxyl groups is 4. The Balaban J connectivity index is 4.21. The molecule has 0 fully saturated rings. The zero-order valence-electron chi connectivity index (χ0n) is 7.77. The fraction of sp³-hybridized carbons (Fsp3) is 1.00. The van der Waals surface area contributed by atoms with Gasteiger partial charge in [-0.25, -0.2) is 16.0 Å². The van der Waals surface area contributed by atoms with Crippen LogP contribution in [0.25, 0.3) is 0 Å². The highest BCUT2D eigenvalue weighted by molar-refractivity contribution is 4.76. The van der Waals surface area contributed by atoms with Gasteiger partial charge in [0.2, 0.25) is 5.91 Å². The van der Waals surface area contributed by atoms with Crippen molar-refractivity contribution in [3.05, 3.63) is 0 Å². The van der Waals surface area contributed by atoms with Crippen LogP contribution in [0.3, 0.4) is 0 Å². The largest absolute Gasteiger partial charge is 0.395 e. The van der Waals surface area contributed by atoms with Crippen molar-refractivity contribution < 1.29 is 20.4 Å². The summed E-state index contributed by atoms with van der Waals surface area (Å²) in [6.45, 7) is -1.30. The van der Waals surface area contributed by atoms with Gasteiger partial charge in [0.25, 0.3) is 0 Å². The molecule has 0 aliphatic heterocycles. The van der Waals surface area contributed by atoms with Crippen molar-refractivity contribution in [2.75, 3.05) is 33.3 Å². The van der Waals surface area contributed by atoms with E-state index in [4.69, 9.17) is 20.4 Å². The van der Waals surface area contributed by atoms with Crippen LogP contribution in [0.1, 0.15) is 0 Å². The first kappa shape index (κ1) is 13.7. The van der Waals surface area contributed by atoms with E-state index in [1.807, 2.05) is 0 Å². The van der Waals surface area contributed by atoms with Crippen LogP contribution in [-0.2, 0) is 0 Å². The van der Waals surface area contributed by atoms with Gasteiger partial charge in [0, 0.05) is 6.54 Å². The zero-order chi connectivity index (χ0) is 10.9. The average Bonchev–Trinajstić information content (AvgIpc) is 2.16. The van der Waals surface area contributed by atoms with Crippen molar-refractivity contribution in [2.24, 2.45) is 0 Å². The molecule has 0 saturated heterocycles. The lowest BCUT2D eigenvalue weighted by Gasteiger charge is -2.33. The first-order valence-corrected chi connectivity index (χ1v) is 4.12. The van der Waals surface area contributed by atoms with Gasteiger partial charge in [-0.3, -0.25) is 0 Å². The van der Waals surface area contributed by atoms with Gasteiger partial charge in [-0.05, 0) is 0 Å². The fourth-order valence-electron chi connectivity index (χ4n) is 0.916. The summed E-state index contributed by atoms with van der Waals surface area (Å²) in [5.41, 5.74) is 0. The third-order valence-electron chi connectivity index (χ3n) is 1.45. The summed E-state index contributed by atoms with van der Waals surface area (Å²) in [6, 6.07) is 0. The van der Waals surface area contributed by atoms with Crippen molar-refractivity contribution >= 4 is 0 Å². The highest BCUT2D eigenvalue weighted by atomic mass is 16.3. The number of aliphatic hydroxyl groups excluding tert-OH is 4. The maximum atomic E-state index is 8.68. The summed E-state index contributed by atoms with van der Waals surface area (Å²) < 4.78 is 0. The first-order valence-electron chi connectivity index (χ1n) is 4.12. The van der Waals surface area contributed by atoms with Gasteiger partial charge in [0.1, 0.15) is 0 Å². The van der Waals surface area contributed by atoms with Gasteiger partial charge in [-0.1, -0.05) is 0 Å². The zero-order valence-corrected chi connectivity index (χ0v) is 7.77. The summed E-state index contributed by atoms with van der Waals surface area (Å²) >= 11 is 0. The van der Waals surface area contributed by atoms with Crippen molar-refractivity contribution in [3.63, 3.8) is 0 Å². The van der Waals surface area contributed by atoms with Crippen LogP contribution in [0.15, 0.2) is 0 Å². The van der Waals surface area contributed by atoms with E-state index in [1.165, 1.54) is 0 Å². The first-order chi connectivity index (χ1) is 6.74. The van der Waals surface area contributed by atoms with Gasteiger partial charge in [0.15, 0.2) is 0 Å². The van der Waals surface area contributed by atoms with Gasteiger partial charge >= 0.3 is 0 Å². The Hall–Kier alpha value is -0.320. The van der Waals surface area contributed by atoms with Crippen LogP contribution in [0.4, 0.5) is 0 Å². The van der Waals surface area contributed by atoms with E-state index >= 15 is 0 Å². The molecule has 0 spiro atoms. The SMILES string of the molecule is OCC[N]C(NCO)(NCO)NCO. The number of hydrogen-bond donors (Lipinski definition) is 7. The molecular weight excluding hydrogens is 192 g/mol. The minimum atomic E-state index is -1.33. The van der Waals surface area contributed by atoms with Crippen molar-refractivity contribution in [1.29, 1.82) is 0 Å². The molecule has 85 valence electrons. The normalized spacial score (nSPS) is 12.0. The van der Waals surface area contributed by atoms with Crippen LogP contribution < -0.4 is 21.3 Å². The maximum absolute atomic E-state index is 8.68. The lowest BCUT2D eigenvalue weighted by molar-refractivity contribution is 0.0371. The fourth-order valence-corrected chi connectivity index (χ4v) is 0.916. The smallest absolute Gasteiger partial charge is 0.202 e. The number of rotatable bonds is 9. The second kappa shape index (κ2) is 8.03. The van der Waals surface area contributed by atoms with E-state index in [9.17, 15) is 0 Å². The second-order valence-corrected chi connectivity index (χ2v) is 2.32. The molecular formula is C6H17N4O4. The Morgan fingerprint density at radius 2 is 1.29 bits per heavy atom. The average molecular weight is 209 g/mol. The Morgan fingerprint density at radius 1 is 0.857 bits per heavy atom. The monoisotopic (exact) mass is 209 g/mol. The molecule has 0 aliphatic rings.